The second-order valence-corrected chi connectivity index (χ2v) is 4.79. The van der Waals surface area contributed by atoms with Crippen molar-refractivity contribution < 1.29 is 9.47 Å². The molecule has 0 fully saturated rings. The molecule has 0 amide bonds. The van der Waals surface area contributed by atoms with E-state index < -0.39 is 0 Å². The van der Waals surface area contributed by atoms with E-state index in [1.165, 1.54) is 0 Å². The van der Waals surface area contributed by atoms with Gasteiger partial charge in [0.1, 0.15) is 11.5 Å². The topological polar surface area (TPSA) is 56.5 Å². The number of anilines is 3. The molecule has 4 nitrogen and oxygen atoms in total. The summed E-state index contributed by atoms with van der Waals surface area (Å²) < 4.78 is 10.5. The summed E-state index contributed by atoms with van der Waals surface area (Å²) in [5.74, 6) is 1.30. The number of benzene rings is 2. The fourth-order valence-electron chi connectivity index (χ4n) is 1.87. The van der Waals surface area contributed by atoms with Crippen molar-refractivity contribution in [3.05, 3.63) is 40.9 Å². The summed E-state index contributed by atoms with van der Waals surface area (Å²) in [6.07, 6.45) is 0. The van der Waals surface area contributed by atoms with E-state index in [-0.39, 0.29) is 0 Å². The largest absolute Gasteiger partial charge is 0.495 e. The maximum atomic E-state index is 6.09. The molecule has 0 atom stereocenters. The van der Waals surface area contributed by atoms with E-state index in [1.807, 2.05) is 25.1 Å². The first kappa shape index (κ1) is 14.3. The van der Waals surface area contributed by atoms with Crippen molar-refractivity contribution in [2.24, 2.45) is 0 Å². The number of hydrogen-bond acceptors (Lipinski definition) is 4. The van der Waals surface area contributed by atoms with Crippen molar-refractivity contribution in [2.45, 2.75) is 6.92 Å². The van der Waals surface area contributed by atoms with Crippen molar-refractivity contribution in [3.8, 4) is 11.5 Å². The first-order valence-electron chi connectivity index (χ1n) is 6.10. The summed E-state index contributed by atoms with van der Waals surface area (Å²) in [6.45, 7) is 1.94. The second kappa shape index (κ2) is 5.92. The van der Waals surface area contributed by atoms with Gasteiger partial charge in [0.2, 0.25) is 0 Å². The Kier molecular flexibility index (Phi) is 4.25. The quantitative estimate of drug-likeness (QED) is 0.837. The van der Waals surface area contributed by atoms with Crippen molar-refractivity contribution in [1.82, 2.24) is 0 Å². The Balaban J connectivity index is 2.36. The van der Waals surface area contributed by atoms with E-state index in [0.717, 1.165) is 16.9 Å². The Labute approximate surface area is 123 Å². The van der Waals surface area contributed by atoms with Gasteiger partial charge < -0.3 is 20.5 Å². The molecule has 0 aliphatic heterocycles. The summed E-state index contributed by atoms with van der Waals surface area (Å²) in [7, 11) is 3.19. The highest BCUT2D eigenvalue weighted by Gasteiger charge is 2.08. The first-order chi connectivity index (χ1) is 9.55. The Hall–Kier alpha value is -2.07. The third-order valence-electron chi connectivity index (χ3n) is 2.99. The van der Waals surface area contributed by atoms with Crippen LogP contribution in [0.2, 0.25) is 5.02 Å². The van der Waals surface area contributed by atoms with Gasteiger partial charge in [0, 0.05) is 22.8 Å². The Morgan fingerprint density at radius 3 is 2.40 bits per heavy atom. The average molecular weight is 293 g/mol. The van der Waals surface area contributed by atoms with E-state index in [2.05, 4.69) is 5.32 Å². The molecular weight excluding hydrogens is 276 g/mol. The minimum absolute atomic E-state index is 0.595. The normalized spacial score (nSPS) is 10.2. The maximum absolute atomic E-state index is 6.09. The van der Waals surface area contributed by atoms with Gasteiger partial charge in [-0.1, -0.05) is 11.6 Å². The van der Waals surface area contributed by atoms with Gasteiger partial charge in [-0.15, -0.1) is 0 Å². The second-order valence-electron chi connectivity index (χ2n) is 4.38. The van der Waals surface area contributed by atoms with Crippen molar-refractivity contribution in [3.63, 3.8) is 0 Å². The fraction of sp³-hybridized carbons (Fsp3) is 0.200. The predicted octanol–water partition coefficient (Wildman–Crippen LogP) is 3.99. The number of ether oxygens (including phenoxy) is 2. The molecular formula is C15H17ClN2O2. The van der Waals surface area contributed by atoms with Gasteiger partial charge in [-0.3, -0.25) is 0 Å². The molecule has 0 unspecified atom stereocenters. The van der Waals surface area contributed by atoms with E-state index in [9.17, 15) is 0 Å². The molecule has 0 saturated heterocycles. The molecule has 0 aliphatic carbocycles. The molecule has 0 saturated carbocycles. The molecule has 106 valence electrons. The fourth-order valence-corrected chi connectivity index (χ4v) is 2.03. The van der Waals surface area contributed by atoms with Crippen LogP contribution in [-0.2, 0) is 0 Å². The average Bonchev–Trinajstić information content (AvgIpc) is 2.44. The Bertz CT molecular complexity index is 630. The summed E-state index contributed by atoms with van der Waals surface area (Å²) in [5, 5.41) is 3.94. The Morgan fingerprint density at radius 1 is 1.05 bits per heavy atom. The van der Waals surface area contributed by atoms with E-state index in [0.29, 0.717) is 22.2 Å². The van der Waals surface area contributed by atoms with Crippen LogP contribution in [-0.4, -0.2) is 14.2 Å². The van der Waals surface area contributed by atoms with Gasteiger partial charge in [0.25, 0.3) is 0 Å². The molecule has 2 aromatic carbocycles. The van der Waals surface area contributed by atoms with Crippen molar-refractivity contribution in [2.75, 3.05) is 25.3 Å². The highest BCUT2D eigenvalue weighted by Crippen LogP contribution is 2.34. The zero-order chi connectivity index (χ0) is 14.7. The van der Waals surface area contributed by atoms with Gasteiger partial charge in [0.05, 0.1) is 25.6 Å². The van der Waals surface area contributed by atoms with Crippen LogP contribution in [0.25, 0.3) is 0 Å². The zero-order valence-electron chi connectivity index (χ0n) is 11.7. The molecule has 0 heterocycles. The molecule has 0 spiro atoms. The van der Waals surface area contributed by atoms with Crippen LogP contribution in [0.5, 0.6) is 11.5 Å². The number of nitrogen functional groups attached to an aromatic ring is 1. The number of nitrogens with one attached hydrogen (secondary N) is 1. The molecule has 2 rings (SSSR count). The summed E-state index contributed by atoms with van der Waals surface area (Å²) in [5.41, 5.74) is 9.05. The van der Waals surface area contributed by atoms with Crippen LogP contribution in [0.1, 0.15) is 5.56 Å². The minimum atomic E-state index is 0.595. The van der Waals surface area contributed by atoms with Gasteiger partial charge in [-0.25, -0.2) is 0 Å². The first-order valence-corrected chi connectivity index (χ1v) is 6.47. The van der Waals surface area contributed by atoms with Crippen LogP contribution < -0.4 is 20.5 Å². The Morgan fingerprint density at radius 2 is 1.75 bits per heavy atom. The number of methoxy groups -OCH3 is 2. The molecule has 0 bridgehead atoms. The molecule has 0 aliphatic rings. The van der Waals surface area contributed by atoms with Crippen LogP contribution in [0.3, 0.4) is 0 Å². The zero-order valence-corrected chi connectivity index (χ0v) is 12.4. The highest BCUT2D eigenvalue weighted by molar-refractivity contribution is 6.31. The lowest BCUT2D eigenvalue weighted by molar-refractivity contribution is 0.416. The molecule has 20 heavy (non-hydrogen) atoms. The lowest BCUT2D eigenvalue weighted by Crippen LogP contribution is -1.98. The third-order valence-corrected chi connectivity index (χ3v) is 3.40. The smallest absolute Gasteiger partial charge is 0.143 e. The number of nitrogens with two attached hydrogens (primary N) is 1. The number of hydrogen-bond donors (Lipinski definition) is 2. The summed E-state index contributed by atoms with van der Waals surface area (Å²) in [6, 6.07) is 9.22. The van der Waals surface area contributed by atoms with Crippen LogP contribution in [0, 0.1) is 6.92 Å². The lowest BCUT2D eigenvalue weighted by atomic mass is 10.2. The number of rotatable bonds is 4. The highest BCUT2D eigenvalue weighted by atomic mass is 35.5. The standard InChI is InChI=1S/C15H17ClN2O2/c1-9-6-13(15(20-3)8-11(9)16)18-10-4-5-12(17)14(7-10)19-2/h4-8,18H,17H2,1-3H3. The monoisotopic (exact) mass is 292 g/mol. The number of halogens is 1. The maximum Gasteiger partial charge on any atom is 0.143 e. The molecule has 0 aromatic heterocycles. The van der Waals surface area contributed by atoms with Crippen molar-refractivity contribution in [1.29, 1.82) is 0 Å². The van der Waals surface area contributed by atoms with E-state index in [4.69, 9.17) is 26.8 Å². The van der Waals surface area contributed by atoms with E-state index >= 15 is 0 Å². The molecule has 0 radical (unpaired) electrons. The van der Waals surface area contributed by atoms with Crippen LogP contribution >= 0.6 is 11.6 Å². The summed E-state index contributed by atoms with van der Waals surface area (Å²) in [4.78, 5) is 0. The summed E-state index contributed by atoms with van der Waals surface area (Å²) >= 11 is 6.09. The molecule has 5 heteroatoms. The molecule has 3 N–H and O–H groups in total. The van der Waals surface area contributed by atoms with Crippen LogP contribution in [0.4, 0.5) is 17.1 Å². The van der Waals surface area contributed by atoms with Gasteiger partial charge in [-0.2, -0.15) is 0 Å². The van der Waals surface area contributed by atoms with Gasteiger partial charge in [0.15, 0.2) is 0 Å². The van der Waals surface area contributed by atoms with Gasteiger partial charge >= 0.3 is 0 Å². The lowest BCUT2D eigenvalue weighted by Gasteiger charge is -2.14. The van der Waals surface area contributed by atoms with Gasteiger partial charge in [-0.05, 0) is 30.7 Å². The third kappa shape index (κ3) is 2.91. The van der Waals surface area contributed by atoms with E-state index in [1.54, 1.807) is 26.4 Å². The predicted molar refractivity (Wildman–Crippen MR) is 83.4 cm³/mol. The minimum Gasteiger partial charge on any atom is -0.495 e. The SMILES string of the molecule is COc1cc(Nc2cc(C)c(Cl)cc2OC)ccc1N. The number of aryl methyl sites for hydroxylation is 1. The van der Waals surface area contributed by atoms with Crippen LogP contribution in [0.15, 0.2) is 30.3 Å². The van der Waals surface area contributed by atoms with Crippen molar-refractivity contribution >= 4 is 28.7 Å². The molecule has 2 aromatic rings.